The van der Waals surface area contributed by atoms with Gasteiger partial charge in [-0.2, -0.15) is 0 Å². The summed E-state index contributed by atoms with van der Waals surface area (Å²) in [5.74, 6) is -0.571. The van der Waals surface area contributed by atoms with Gasteiger partial charge in [0.2, 0.25) is 0 Å². The Morgan fingerprint density at radius 3 is 1.81 bits per heavy atom. The number of nitrogens with zero attached hydrogens (tertiary/aromatic N) is 1. The van der Waals surface area contributed by atoms with E-state index in [-0.39, 0.29) is 5.92 Å². The molecule has 0 spiro atoms. The van der Waals surface area contributed by atoms with Crippen LogP contribution >= 0.6 is 0 Å². The Labute approximate surface area is 168 Å². The zero-order valence-electron chi connectivity index (χ0n) is 18.5. The Balaban J connectivity index is 5.33. The highest BCUT2D eigenvalue weighted by atomic mass is 16.4. The van der Waals surface area contributed by atoms with E-state index in [1.165, 1.54) is 25.7 Å². The average Bonchev–Trinajstić information content (AvgIpc) is 2.63. The summed E-state index contributed by atoms with van der Waals surface area (Å²) in [6.45, 7) is 11.7. The molecular weight excluding hydrogens is 338 g/mol. The maximum Gasteiger partial charge on any atom is 0.312 e. The predicted molar refractivity (Wildman–Crippen MR) is 115 cm³/mol. The SMILES string of the molecule is CCCCC/C=C(\O)C[N+](CCCCC)(CCCCC)CC(CC)C(=O)O. The number of quaternary nitrogens is 1. The molecule has 1 atom stereocenters. The van der Waals surface area contributed by atoms with Crippen molar-refractivity contribution in [2.75, 3.05) is 26.2 Å². The van der Waals surface area contributed by atoms with Crippen LogP contribution in [0, 0.1) is 5.92 Å². The summed E-state index contributed by atoms with van der Waals surface area (Å²) in [6, 6.07) is 0. The molecule has 0 amide bonds. The fraction of sp³-hybridized carbons (Fsp3) is 0.870. The lowest BCUT2D eigenvalue weighted by molar-refractivity contribution is -0.927. The lowest BCUT2D eigenvalue weighted by Gasteiger charge is -2.40. The fourth-order valence-electron chi connectivity index (χ4n) is 3.83. The van der Waals surface area contributed by atoms with Crippen LogP contribution in [0.3, 0.4) is 0 Å². The number of carboxylic acids is 1. The third-order valence-electron chi connectivity index (χ3n) is 5.61. The standard InChI is InChI=1S/C23H45NO3/c1-5-9-12-13-16-22(25)20-24(17-14-10-6-2,18-15-11-7-3)19-21(8-4)23(26)27/h16,21H,5-15,17-20H2,1-4H3,(H-,25,26,27)/p+1/b22-16-. The second-order valence-corrected chi connectivity index (χ2v) is 8.18. The normalized spacial score (nSPS) is 13.7. The quantitative estimate of drug-likeness (QED) is 0.165. The Kier molecular flexibility index (Phi) is 15.4. The number of aliphatic hydroxyl groups excluding tert-OH is 1. The van der Waals surface area contributed by atoms with Crippen molar-refractivity contribution in [1.82, 2.24) is 0 Å². The molecule has 0 aromatic heterocycles. The Morgan fingerprint density at radius 1 is 0.852 bits per heavy atom. The zero-order chi connectivity index (χ0) is 20.5. The van der Waals surface area contributed by atoms with Crippen molar-refractivity contribution >= 4 is 5.97 Å². The van der Waals surface area contributed by atoms with E-state index in [4.69, 9.17) is 0 Å². The molecule has 27 heavy (non-hydrogen) atoms. The van der Waals surface area contributed by atoms with Gasteiger partial charge in [0.05, 0.1) is 19.6 Å². The molecule has 0 aliphatic carbocycles. The molecule has 0 saturated heterocycles. The second kappa shape index (κ2) is 16.0. The number of aliphatic hydroxyl groups is 1. The fourth-order valence-corrected chi connectivity index (χ4v) is 3.83. The van der Waals surface area contributed by atoms with Gasteiger partial charge in [-0.1, -0.05) is 53.4 Å². The number of hydrogen-bond donors (Lipinski definition) is 2. The Morgan fingerprint density at radius 2 is 1.37 bits per heavy atom. The van der Waals surface area contributed by atoms with E-state index in [2.05, 4.69) is 20.8 Å². The van der Waals surface area contributed by atoms with Crippen molar-refractivity contribution < 1.29 is 19.5 Å². The maximum atomic E-state index is 11.7. The van der Waals surface area contributed by atoms with Gasteiger partial charge in [-0.05, 0) is 51.0 Å². The minimum absolute atomic E-state index is 0.332. The first-order valence-corrected chi connectivity index (χ1v) is 11.4. The summed E-state index contributed by atoms with van der Waals surface area (Å²) < 4.78 is 0.723. The van der Waals surface area contributed by atoms with Gasteiger partial charge in [-0.25, -0.2) is 0 Å². The number of carboxylic acid groups (broad SMARTS) is 1. The van der Waals surface area contributed by atoms with E-state index in [0.29, 0.717) is 25.3 Å². The van der Waals surface area contributed by atoms with Crippen LogP contribution in [-0.2, 0) is 4.79 Å². The average molecular weight is 385 g/mol. The smallest absolute Gasteiger partial charge is 0.312 e. The topological polar surface area (TPSA) is 57.5 Å². The molecule has 0 aromatic carbocycles. The van der Waals surface area contributed by atoms with E-state index in [1.54, 1.807) is 0 Å². The molecule has 2 N–H and O–H groups in total. The zero-order valence-corrected chi connectivity index (χ0v) is 18.5. The number of unbranched alkanes of at least 4 members (excludes halogenated alkanes) is 7. The summed E-state index contributed by atoms with van der Waals surface area (Å²) in [4.78, 5) is 11.7. The summed E-state index contributed by atoms with van der Waals surface area (Å²) >= 11 is 0. The highest BCUT2D eigenvalue weighted by Gasteiger charge is 2.33. The van der Waals surface area contributed by atoms with Gasteiger partial charge in [-0.15, -0.1) is 0 Å². The van der Waals surface area contributed by atoms with Crippen LogP contribution in [0.1, 0.15) is 98.3 Å². The molecule has 0 bridgehead atoms. The third-order valence-corrected chi connectivity index (χ3v) is 5.61. The number of rotatable bonds is 18. The van der Waals surface area contributed by atoms with Crippen molar-refractivity contribution in [3.05, 3.63) is 11.8 Å². The molecule has 0 fully saturated rings. The van der Waals surface area contributed by atoms with E-state index >= 15 is 0 Å². The third kappa shape index (κ3) is 12.1. The van der Waals surface area contributed by atoms with Crippen LogP contribution in [-0.4, -0.2) is 46.8 Å². The van der Waals surface area contributed by atoms with E-state index in [0.717, 1.165) is 56.1 Å². The lowest BCUT2D eigenvalue weighted by Crippen LogP contribution is -2.54. The van der Waals surface area contributed by atoms with Gasteiger partial charge in [0.25, 0.3) is 0 Å². The molecule has 0 aliphatic rings. The maximum absolute atomic E-state index is 11.7. The van der Waals surface area contributed by atoms with Gasteiger partial charge in [0.1, 0.15) is 18.2 Å². The molecular formula is C23H46NO3+. The van der Waals surface area contributed by atoms with E-state index in [1.807, 2.05) is 13.0 Å². The molecule has 0 radical (unpaired) electrons. The van der Waals surface area contributed by atoms with Crippen LogP contribution in [0.15, 0.2) is 11.8 Å². The molecule has 0 heterocycles. The van der Waals surface area contributed by atoms with Gasteiger partial charge in [0.15, 0.2) is 0 Å². The second-order valence-electron chi connectivity index (χ2n) is 8.18. The van der Waals surface area contributed by atoms with E-state index < -0.39 is 5.97 Å². The molecule has 160 valence electrons. The first kappa shape index (κ1) is 26.0. The van der Waals surface area contributed by atoms with Crippen molar-refractivity contribution in [2.24, 2.45) is 5.92 Å². The summed E-state index contributed by atoms with van der Waals surface area (Å²) in [6.07, 6.45) is 13.9. The Hall–Kier alpha value is -1.03. The van der Waals surface area contributed by atoms with Crippen LogP contribution in [0.25, 0.3) is 0 Å². The largest absolute Gasteiger partial charge is 0.507 e. The van der Waals surface area contributed by atoms with E-state index in [9.17, 15) is 15.0 Å². The molecule has 1 unspecified atom stereocenters. The minimum atomic E-state index is -0.697. The monoisotopic (exact) mass is 384 g/mol. The van der Waals surface area contributed by atoms with Crippen LogP contribution in [0.4, 0.5) is 0 Å². The number of aliphatic carboxylic acids is 1. The predicted octanol–water partition coefficient (Wildman–Crippen LogP) is 6.32. The summed E-state index contributed by atoms with van der Waals surface area (Å²) in [5, 5.41) is 20.2. The number of hydrogen-bond acceptors (Lipinski definition) is 2. The number of carbonyl (C=O) groups is 1. The first-order valence-electron chi connectivity index (χ1n) is 11.4. The molecule has 4 nitrogen and oxygen atoms in total. The first-order chi connectivity index (χ1) is 12.9. The molecule has 0 aromatic rings. The number of allylic oxidation sites excluding steroid dienone is 1. The molecule has 0 rings (SSSR count). The van der Waals surface area contributed by atoms with Gasteiger partial charge < -0.3 is 14.7 Å². The van der Waals surface area contributed by atoms with Crippen molar-refractivity contribution in [1.29, 1.82) is 0 Å². The summed E-state index contributed by atoms with van der Waals surface area (Å²) in [5.41, 5.74) is 0. The van der Waals surface area contributed by atoms with Crippen molar-refractivity contribution in [2.45, 2.75) is 98.3 Å². The van der Waals surface area contributed by atoms with Crippen LogP contribution < -0.4 is 0 Å². The molecule has 0 aliphatic heterocycles. The summed E-state index contributed by atoms with van der Waals surface area (Å²) in [7, 11) is 0. The van der Waals surface area contributed by atoms with Crippen LogP contribution in [0.5, 0.6) is 0 Å². The minimum Gasteiger partial charge on any atom is -0.507 e. The van der Waals surface area contributed by atoms with Gasteiger partial charge >= 0.3 is 5.97 Å². The molecule has 0 saturated carbocycles. The van der Waals surface area contributed by atoms with Gasteiger partial charge in [-0.3, -0.25) is 4.79 Å². The molecule has 4 heteroatoms. The van der Waals surface area contributed by atoms with Crippen molar-refractivity contribution in [3.63, 3.8) is 0 Å². The van der Waals surface area contributed by atoms with Gasteiger partial charge in [0, 0.05) is 0 Å². The highest BCUT2D eigenvalue weighted by molar-refractivity contribution is 5.69. The van der Waals surface area contributed by atoms with Crippen LogP contribution in [0.2, 0.25) is 0 Å². The highest BCUT2D eigenvalue weighted by Crippen LogP contribution is 2.21. The Bertz CT molecular complexity index is 396. The lowest BCUT2D eigenvalue weighted by atomic mass is 10.0. The van der Waals surface area contributed by atoms with Crippen molar-refractivity contribution in [3.8, 4) is 0 Å².